The number of anilines is 2. The van der Waals surface area contributed by atoms with Crippen LogP contribution >= 0.6 is 22.9 Å². The Balaban J connectivity index is 1.30. The predicted molar refractivity (Wildman–Crippen MR) is 161 cm³/mol. The molecule has 0 spiro atoms. The quantitative estimate of drug-likeness (QED) is 0.248. The van der Waals surface area contributed by atoms with E-state index in [1.54, 1.807) is 6.07 Å². The number of hydrogen-bond donors (Lipinski definition) is 1. The molecule has 0 aliphatic carbocycles. The second-order valence-electron chi connectivity index (χ2n) is 10.5. The zero-order chi connectivity index (χ0) is 26.9. The number of phenols is 1. The Hall–Kier alpha value is -3.12. The molecule has 2 saturated heterocycles. The molecule has 10 heteroatoms. The number of aromatic nitrogens is 2. The van der Waals surface area contributed by atoms with E-state index >= 15 is 0 Å². The Bertz CT molecular complexity index is 1390. The van der Waals surface area contributed by atoms with Gasteiger partial charge in [0.25, 0.3) is 0 Å². The fourth-order valence-electron chi connectivity index (χ4n) is 5.84. The summed E-state index contributed by atoms with van der Waals surface area (Å²) in [6, 6.07) is 12.2. The number of piperazine rings is 1. The summed E-state index contributed by atoms with van der Waals surface area (Å²) in [6.07, 6.45) is 3.28. The average Bonchev–Trinajstić information content (AvgIpc) is 3.39. The van der Waals surface area contributed by atoms with E-state index in [0.29, 0.717) is 51.3 Å². The number of phenolic OH excluding ortho intramolecular Hbond substituents is 1. The number of fused-ring (bicyclic) bond motifs is 2. The van der Waals surface area contributed by atoms with E-state index in [1.807, 2.05) is 29.2 Å². The van der Waals surface area contributed by atoms with Gasteiger partial charge in [-0.1, -0.05) is 30.8 Å². The number of halogens is 1. The molecule has 9 nitrogen and oxygen atoms in total. The van der Waals surface area contributed by atoms with Gasteiger partial charge < -0.3 is 24.5 Å². The Kier molecular flexibility index (Phi) is 7.48. The molecule has 3 aliphatic rings. The van der Waals surface area contributed by atoms with Crippen LogP contribution in [-0.2, 0) is 17.8 Å². The second-order valence-corrected chi connectivity index (χ2v) is 11.8. The summed E-state index contributed by atoms with van der Waals surface area (Å²) in [4.78, 5) is 28.4. The lowest BCUT2D eigenvalue weighted by Crippen LogP contribution is -2.49. The number of carbonyl (C=O) groups excluding carboxylic acids is 1. The van der Waals surface area contributed by atoms with Crippen LogP contribution in [0.25, 0.3) is 10.8 Å². The lowest BCUT2D eigenvalue weighted by molar-refractivity contribution is -0.126. The number of rotatable bonds is 6. The molecular weight excluding hydrogens is 607 g/mol. The lowest BCUT2D eigenvalue weighted by atomic mass is 10.0. The number of carbonyl (C=O) groups is 1. The van der Waals surface area contributed by atoms with Crippen LogP contribution in [0.1, 0.15) is 17.7 Å². The van der Waals surface area contributed by atoms with Crippen LogP contribution in [0.3, 0.4) is 0 Å². The normalized spacial score (nSPS) is 19.8. The van der Waals surface area contributed by atoms with Gasteiger partial charge in [-0.15, -0.1) is 0 Å². The first-order chi connectivity index (χ1) is 19.0. The van der Waals surface area contributed by atoms with Gasteiger partial charge in [-0.05, 0) is 30.4 Å². The average molecular weight is 641 g/mol. The minimum absolute atomic E-state index is 0.0294. The molecule has 1 N–H and O–H groups in total. The third kappa shape index (κ3) is 5.49. The van der Waals surface area contributed by atoms with E-state index in [9.17, 15) is 9.90 Å². The van der Waals surface area contributed by atoms with Gasteiger partial charge in [0.15, 0.2) is 0 Å². The number of benzene rings is 2. The standard InChI is InChI=1S/C29H33IN6O3/c1-2-27(38)33-11-13-34(14-12-33)28-24-8-9-35(26-16-22(37)15-21-5-3-4-6-23(21)26)18-25(24)31-29(32-28)39-19-20-7-10-36(30)17-20/h2-6,15-16,20,37H,1,7-14,17-19H2/t20-/m0/s1. The van der Waals surface area contributed by atoms with Crippen LogP contribution in [-0.4, -0.2) is 81.4 Å². The fraction of sp³-hybridized carbons (Fsp3) is 0.414. The Morgan fingerprint density at radius 2 is 1.92 bits per heavy atom. The Morgan fingerprint density at radius 1 is 1.10 bits per heavy atom. The zero-order valence-corrected chi connectivity index (χ0v) is 24.1. The van der Waals surface area contributed by atoms with Gasteiger partial charge in [-0.3, -0.25) is 4.79 Å². The van der Waals surface area contributed by atoms with Gasteiger partial charge >= 0.3 is 6.01 Å². The number of aromatic hydroxyl groups is 1. The lowest BCUT2D eigenvalue weighted by Gasteiger charge is -2.38. The van der Waals surface area contributed by atoms with Crippen molar-refractivity contribution in [3.8, 4) is 11.8 Å². The highest BCUT2D eigenvalue weighted by Crippen LogP contribution is 2.36. The molecule has 6 rings (SSSR count). The molecule has 1 aromatic heterocycles. The molecule has 3 aromatic rings. The maximum atomic E-state index is 12.1. The monoisotopic (exact) mass is 640 g/mol. The summed E-state index contributed by atoms with van der Waals surface area (Å²) in [7, 11) is 0. The van der Waals surface area contributed by atoms with E-state index in [-0.39, 0.29) is 11.7 Å². The van der Waals surface area contributed by atoms with Crippen molar-refractivity contribution in [1.29, 1.82) is 0 Å². The molecule has 0 radical (unpaired) electrons. The largest absolute Gasteiger partial charge is 0.508 e. The third-order valence-corrected chi connectivity index (χ3v) is 8.81. The molecule has 2 fully saturated rings. The molecule has 0 bridgehead atoms. The Labute approximate surface area is 242 Å². The van der Waals surface area contributed by atoms with Gasteiger partial charge in [-0.2, -0.15) is 9.97 Å². The van der Waals surface area contributed by atoms with Crippen LogP contribution in [0.2, 0.25) is 0 Å². The molecule has 4 heterocycles. The summed E-state index contributed by atoms with van der Waals surface area (Å²) >= 11 is 2.37. The zero-order valence-electron chi connectivity index (χ0n) is 21.9. The number of amides is 1. The smallest absolute Gasteiger partial charge is 0.318 e. The molecule has 0 unspecified atom stereocenters. The van der Waals surface area contributed by atoms with Gasteiger partial charge in [0.2, 0.25) is 5.91 Å². The van der Waals surface area contributed by atoms with Crippen LogP contribution in [0, 0.1) is 5.92 Å². The van der Waals surface area contributed by atoms with Crippen LogP contribution in [0.5, 0.6) is 11.8 Å². The fourth-order valence-corrected chi connectivity index (χ4v) is 6.67. The minimum atomic E-state index is -0.0294. The second kappa shape index (κ2) is 11.2. The van der Waals surface area contributed by atoms with Gasteiger partial charge in [0.1, 0.15) is 11.6 Å². The first kappa shape index (κ1) is 26.1. The number of hydrogen-bond acceptors (Lipinski definition) is 8. The first-order valence-corrected chi connectivity index (χ1v) is 14.5. The van der Waals surface area contributed by atoms with Crippen LogP contribution < -0.4 is 14.5 Å². The van der Waals surface area contributed by atoms with Crippen molar-refractivity contribution in [1.82, 2.24) is 18.0 Å². The van der Waals surface area contributed by atoms with Crippen molar-refractivity contribution in [2.45, 2.75) is 19.4 Å². The van der Waals surface area contributed by atoms with Crippen LogP contribution in [0.15, 0.2) is 49.1 Å². The van der Waals surface area contributed by atoms with E-state index in [1.165, 1.54) is 6.08 Å². The number of ether oxygens (including phenoxy) is 1. The molecule has 1 amide bonds. The molecule has 1 atom stereocenters. The molecule has 2 aromatic carbocycles. The summed E-state index contributed by atoms with van der Waals surface area (Å²) in [5.74, 6) is 1.62. The van der Waals surface area contributed by atoms with Crippen molar-refractivity contribution < 1.29 is 14.6 Å². The molecule has 39 heavy (non-hydrogen) atoms. The van der Waals surface area contributed by atoms with Crippen molar-refractivity contribution in [2.75, 3.05) is 62.2 Å². The summed E-state index contributed by atoms with van der Waals surface area (Å²) in [5, 5.41) is 12.6. The molecular formula is C29H33IN6O3. The van der Waals surface area contributed by atoms with E-state index in [4.69, 9.17) is 14.7 Å². The van der Waals surface area contributed by atoms with E-state index in [0.717, 1.165) is 66.0 Å². The highest BCUT2D eigenvalue weighted by Gasteiger charge is 2.29. The van der Waals surface area contributed by atoms with Crippen molar-refractivity contribution in [2.24, 2.45) is 5.92 Å². The highest BCUT2D eigenvalue weighted by atomic mass is 127. The molecule has 204 valence electrons. The van der Waals surface area contributed by atoms with Crippen molar-refractivity contribution >= 4 is 51.0 Å². The maximum absolute atomic E-state index is 12.1. The molecule has 0 saturated carbocycles. The first-order valence-electron chi connectivity index (χ1n) is 13.5. The van der Waals surface area contributed by atoms with Crippen LogP contribution in [0.4, 0.5) is 11.5 Å². The number of nitrogens with zero attached hydrogens (tertiary/aromatic N) is 6. The van der Waals surface area contributed by atoms with Crippen molar-refractivity contribution in [3.63, 3.8) is 0 Å². The van der Waals surface area contributed by atoms with E-state index < -0.39 is 0 Å². The summed E-state index contributed by atoms with van der Waals surface area (Å²) in [5.41, 5.74) is 3.11. The minimum Gasteiger partial charge on any atom is -0.508 e. The summed E-state index contributed by atoms with van der Waals surface area (Å²) < 4.78 is 8.53. The maximum Gasteiger partial charge on any atom is 0.318 e. The van der Waals surface area contributed by atoms with Gasteiger partial charge in [-0.25, -0.2) is 3.11 Å². The topological polar surface area (TPSA) is 85.3 Å². The molecule has 3 aliphatic heterocycles. The van der Waals surface area contributed by atoms with Gasteiger partial charge in [0, 0.05) is 97.3 Å². The van der Waals surface area contributed by atoms with Gasteiger partial charge in [0.05, 0.1) is 18.8 Å². The predicted octanol–water partition coefficient (Wildman–Crippen LogP) is 3.78. The SMILES string of the molecule is C=CC(=O)N1CCN(c2nc(OC[C@H]3CCN(I)C3)nc3c2CCN(c2cc(O)cc4ccccc24)C3)CC1. The van der Waals surface area contributed by atoms with E-state index in [2.05, 4.69) is 48.4 Å². The summed E-state index contributed by atoms with van der Waals surface area (Å²) in [6.45, 7) is 10.4. The third-order valence-electron chi connectivity index (χ3n) is 7.94. The van der Waals surface area contributed by atoms with Crippen molar-refractivity contribution in [3.05, 3.63) is 60.3 Å². The highest BCUT2D eigenvalue weighted by molar-refractivity contribution is 14.1. The Morgan fingerprint density at radius 3 is 2.69 bits per heavy atom.